The quantitative estimate of drug-likeness (QED) is 0.0288. The lowest BCUT2D eigenvalue weighted by Crippen LogP contribution is -2.55. The lowest BCUT2D eigenvalue weighted by atomic mass is 10.0. The molecule has 0 fully saturated rings. The Morgan fingerprint density at radius 2 is 1.14 bits per heavy atom. The summed E-state index contributed by atoms with van der Waals surface area (Å²) >= 11 is 0. The topological polar surface area (TPSA) is 102 Å². The predicted molar refractivity (Wildman–Crippen MR) is 199 cm³/mol. The molecule has 0 amide bonds. The number of carboxylic acids is 1. The molecule has 0 rings (SSSR count). The van der Waals surface area contributed by atoms with E-state index in [-0.39, 0.29) is 49.1 Å². The zero-order valence-electron chi connectivity index (χ0n) is 32.1. The SMILES string of the molecule is CC/C=C/C/C=C/C/C=C/CCCC(=O)OCC(COCCC(C(=O)[O-])[N+](C)(C)C)OC(=O)CCCCCCCCCCCCCCCC. The fourth-order valence-electron chi connectivity index (χ4n) is 5.50. The van der Waals surface area contributed by atoms with Crippen molar-refractivity contribution in [2.75, 3.05) is 41.0 Å². The molecule has 8 nitrogen and oxygen atoms in total. The highest BCUT2D eigenvalue weighted by molar-refractivity contribution is 5.70. The largest absolute Gasteiger partial charge is 0.544 e. The number of carbonyl (C=O) groups is 3. The van der Waals surface area contributed by atoms with Crippen molar-refractivity contribution in [3.63, 3.8) is 0 Å². The summed E-state index contributed by atoms with van der Waals surface area (Å²) in [6.07, 6.45) is 34.6. The van der Waals surface area contributed by atoms with Crippen LogP contribution in [0.3, 0.4) is 0 Å². The van der Waals surface area contributed by atoms with Crippen molar-refractivity contribution < 1.29 is 38.2 Å². The number of allylic oxidation sites excluding steroid dienone is 6. The van der Waals surface area contributed by atoms with E-state index in [0.717, 1.165) is 44.9 Å². The van der Waals surface area contributed by atoms with Crippen LogP contribution in [0.5, 0.6) is 0 Å². The molecule has 8 heteroatoms. The minimum Gasteiger partial charge on any atom is -0.544 e. The maximum absolute atomic E-state index is 12.6. The third-order valence-electron chi connectivity index (χ3n) is 8.54. The molecule has 0 heterocycles. The average Bonchev–Trinajstić information content (AvgIpc) is 3.05. The molecule has 0 aliphatic carbocycles. The number of quaternary nitrogens is 1. The van der Waals surface area contributed by atoms with Crippen molar-refractivity contribution in [1.29, 1.82) is 0 Å². The molecule has 0 spiro atoms. The van der Waals surface area contributed by atoms with E-state index >= 15 is 0 Å². The molecule has 2 unspecified atom stereocenters. The van der Waals surface area contributed by atoms with Crippen LogP contribution in [0.1, 0.15) is 155 Å². The molecule has 0 aromatic heterocycles. The van der Waals surface area contributed by atoms with Crippen LogP contribution in [-0.4, -0.2) is 75.5 Å². The first-order chi connectivity index (χ1) is 23.6. The summed E-state index contributed by atoms with van der Waals surface area (Å²) in [5.74, 6) is -1.80. The molecule has 0 saturated heterocycles. The lowest BCUT2D eigenvalue weighted by molar-refractivity contribution is -0.889. The van der Waals surface area contributed by atoms with Crippen LogP contribution in [0, 0.1) is 0 Å². The van der Waals surface area contributed by atoms with Crippen LogP contribution in [0.2, 0.25) is 0 Å². The maximum atomic E-state index is 12.6. The molecule has 0 radical (unpaired) electrons. The Labute approximate surface area is 300 Å². The van der Waals surface area contributed by atoms with Gasteiger partial charge in [-0.1, -0.05) is 134 Å². The van der Waals surface area contributed by atoms with Gasteiger partial charge in [0.15, 0.2) is 6.10 Å². The summed E-state index contributed by atoms with van der Waals surface area (Å²) in [5, 5.41) is 11.6. The number of esters is 2. The third-order valence-corrected chi connectivity index (χ3v) is 8.54. The fraction of sp³-hybridized carbons (Fsp3) is 0.780. The molecule has 2 atom stereocenters. The van der Waals surface area contributed by atoms with Crippen molar-refractivity contribution in [3.8, 4) is 0 Å². The number of carbonyl (C=O) groups excluding carboxylic acids is 3. The van der Waals surface area contributed by atoms with E-state index in [1.807, 2.05) is 0 Å². The first kappa shape index (κ1) is 46.5. The van der Waals surface area contributed by atoms with Gasteiger partial charge in [0.1, 0.15) is 12.6 Å². The standard InChI is InChI=1S/C41H73NO7/c1-6-8-10-12-14-16-18-19-20-22-24-26-28-30-32-40(44)49-37(35-47-34-33-38(41(45)46)42(3,4)5)36-48-39(43)31-29-27-25-23-21-17-15-13-11-9-7-2/h9,11,15,17,23,25,37-38H,6-8,10,12-14,16,18-22,24,26-36H2,1-5H3/b11-9+,17-15+,25-23+. The van der Waals surface area contributed by atoms with E-state index in [0.29, 0.717) is 12.8 Å². The van der Waals surface area contributed by atoms with Crippen LogP contribution in [0.4, 0.5) is 0 Å². The number of rotatable bonds is 34. The zero-order chi connectivity index (χ0) is 36.4. The summed E-state index contributed by atoms with van der Waals surface area (Å²) < 4.78 is 17.0. The Morgan fingerprint density at radius 1 is 0.633 bits per heavy atom. The van der Waals surface area contributed by atoms with Crippen LogP contribution < -0.4 is 5.11 Å². The van der Waals surface area contributed by atoms with E-state index in [2.05, 4.69) is 50.3 Å². The van der Waals surface area contributed by atoms with Gasteiger partial charge in [-0.25, -0.2) is 0 Å². The number of carboxylic acid groups (broad SMARTS) is 1. The van der Waals surface area contributed by atoms with Gasteiger partial charge in [-0.2, -0.15) is 0 Å². The molecule has 0 aromatic carbocycles. The predicted octanol–water partition coefficient (Wildman–Crippen LogP) is 8.57. The first-order valence-electron chi connectivity index (χ1n) is 19.5. The molecule has 284 valence electrons. The van der Waals surface area contributed by atoms with Gasteiger partial charge in [0, 0.05) is 19.3 Å². The Bertz CT molecular complexity index is 906. The summed E-state index contributed by atoms with van der Waals surface area (Å²) in [6, 6.07) is -0.729. The fourth-order valence-corrected chi connectivity index (χ4v) is 5.50. The number of unbranched alkanes of at least 4 members (excludes halogenated alkanes) is 14. The van der Waals surface area contributed by atoms with E-state index in [1.54, 1.807) is 21.1 Å². The Hall–Kier alpha value is -2.45. The number of ether oxygens (including phenoxy) is 3. The number of hydrogen-bond acceptors (Lipinski definition) is 7. The molecule has 0 bridgehead atoms. The van der Waals surface area contributed by atoms with Crippen LogP contribution in [-0.2, 0) is 28.6 Å². The maximum Gasteiger partial charge on any atom is 0.306 e. The van der Waals surface area contributed by atoms with Gasteiger partial charge in [-0.05, 0) is 38.5 Å². The summed E-state index contributed by atoms with van der Waals surface area (Å²) in [4.78, 5) is 36.6. The van der Waals surface area contributed by atoms with E-state index in [1.165, 1.54) is 70.6 Å². The summed E-state index contributed by atoms with van der Waals surface area (Å²) in [5.41, 5.74) is 0. The van der Waals surface area contributed by atoms with Gasteiger partial charge >= 0.3 is 11.9 Å². The summed E-state index contributed by atoms with van der Waals surface area (Å²) in [7, 11) is 5.38. The Balaban J connectivity index is 4.46. The molecule has 0 aromatic rings. The molecule has 0 saturated carbocycles. The number of likely N-dealkylation sites (N-methyl/N-ethyl adjacent to an activating group) is 1. The second kappa shape index (κ2) is 32.7. The van der Waals surface area contributed by atoms with Gasteiger partial charge in [0.2, 0.25) is 0 Å². The average molecular weight is 692 g/mol. The van der Waals surface area contributed by atoms with Crippen molar-refractivity contribution >= 4 is 17.9 Å². The zero-order valence-corrected chi connectivity index (χ0v) is 32.1. The van der Waals surface area contributed by atoms with Crippen molar-refractivity contribution in [2.24, 2.45) is 0 Å². The first-order valence-corrected chi connectivity index (χ1v) is 19.5. The molecular weight excluding hydrogens is 618 g/mol. The molecule has 0 aliphatic rings. The van der Waals surface area contributed by atoms with E-state index in [4.69, 9.17) is 14.2 Å². The number of nitrogens with zero attached hydrogens (tertiary/aromatic N) is 1. The Kier molecular flexibility index (Phi) is 31.1. The molecule has 0 N–H and O–H groups in total. The minimum absolute atomic E-state index is 0.0269. The number of aliphatic carboxylic acids is 1. The van der Waals surface area contributed by atoms with Gasteiger partial charge in [-0.15, -0.1) is 0 Å². The highest BCUT2D eigenvalue weighted by atomic mass is 16.6. The highest BCUT2D eigenvalue weighted by Crippen LogP contribution is 2.14. The molecule has 49 heavy (non-hydrogen) atoms. The van der Waals surface area contributed by atoms with E-state index < -0.39 is 18.1 Å². The van der Waals surface area contributed by atoms with Crippen LogP contribution in [0.15, 0.2) is 36.5 Å². The highest BCUT2D eigenvalue weighted by Gasteiger charge is 2.25. The number of hydrogen-bond donors (Lipinski definition) is 0. The van der Waals surface area contributed by atoms with Crippen molar-refractivity contribution in [1.82, 2.24) is 0 Å². The van der Waals surface area contributed by atoms with E-state index in [9.17, 15) is 19.5 Å². The van der Waals surface area contributed by atoms with Gasteiger partial charge < -0.3 is 28.6 Å². The second-order valence-electron chi connectivity index (χ2n) is 14.1. The normalized spacial score (nSPS) is 13.4. The lowest BCUT2D eigenvalue weighted by Gasteiger charge is -2.34. The van der Waals surface area contributed by atoms with Gasteiger partial charge in [0.25, 0.3) is 0 Å². The summed E-state index contributed by atoms with van der Waals surface area (Å²) in [6.45, 7) is 4.47. The molecule has 0 aliphatic heterocycles. The molecular formula is C41H73NO7. The smallest absolute Gasteiger partial charge is 0.306 e. The van der Waals surface area contributed by atoms with Crippen LogP contribution >= 0.6 is 0 Å². The second-order valence-corrected chi connectivity index (χ2v) is 14.1. The monoisotopic (exact) mass is 692 g/mol. The van der Waals surface area contributed by atoms with Crippen LogP contribution in [0.25, 0.3) is 0 Å². The third kappa shape index (κ3) is 31.3. The van der Waals surface area contributed by atoms with Gasteiger partial charge in [-0.3, -0.25) is 9.59 Å². The minimum atomic E-state index is -1.13. The van der Waals surface area contributed by atoms with Crippen molar-refractivity contribution in [2.45, 2.75) is 167 Å². The van der Waals surface area contributed by atoms with Crippen molar-refractivity contribution in [3.05, 3.63) is 36.5 Å². The Morgan fingerprint density at radius 3 is 1.67 bits per heavy atom. The van der Waals surface area contributed by atoms with Gasteiger partial charge in [0.05, 0.1) is 40.3 Å².